The fourth-order valence-corrected chi connectivity index (χ4v) is 2.34. The molecule has 1 N–H and O–H groups in total. The molecule has 0 atom stereocenters. The lowest BCUT2D eigenvalue weighted by molar-refractivity contribution is 0.102. The molecule has 2 heterocycles. The van der Waals surface area contributed by atoms with Gasteiger partial charge in [0.2, 0.25) is 0 Å². The molecule has 6 heteroatoms. The first-order valence-electron chi connectivity index (χ1n) is 6.12. The highest BCUT2D eigenvalue weighted by atomic mass is 35.5. The third kappa shape index (κ3) is 2.82. The Kier molecular flexibility index (Phi) is 3.73. The van der Waals surface area contributed by atoms with Crippen LogP contribution >= 0.6 is 23.2 Å². The summed E-state index contributed by atoms with van der Waals surface area (Å²) in [6.45, 7) is 0. The van der Waals surface area contributed by atoms with Gasteiger partial charge in [0.1, 0.15) is 5.69 Å². The van der Waals surface area contributed by atoms with Gasteiger partial charge in [-0.05, 0) is 24.3 Å². The van der Waals surface area contributed by atoms with Crippen LogP contribution < -0.4 is 5.32 Å². The zero-order chi connectivity index (χ0) is 14.8. The molecule has 4 nitrogen and oxygen atoms in total. The topological polar surface area (TPSA) is 54.9 Å². The Balaban J connectivity index is 1.97. The van der Waals surface area contributed by atoms with Crippen LogP contribution in [-0.4, -0.2) is 15.9 Å². The number of hydrogen-bond donors (Lipinski definition) is 1. The van der Waals surface area contributed by atoms with Crippen LogP contribution in [0.3, 0.4) is 0 Å². The number of pyridine rings is 2. The van der Waals surface area contributed by atoms with Gasteiger partial charge in [-0.25, -0.2) is 9.97 Å². The molecule has 0 fully saturated rings. The van der Waals surface area contributed by atoms with Gasteiger partial charge in [-0.2, -0.15) is 0 Å². The Hall–Kier alpha value is -2.17. The van der Waals surface area contributed by atoms with E-state index in [1.165, 1.54) is 6.07 Å². The van der Waals surface area contributed by atoms with Gasteiger partial charge in [-0.1, -0.05) is 41.4 Å². The monoisotopic (exact) mass is 317 g/mol. The second-order valence-electron chi connectivity index (χ2n) is 4.30. The highest BCUT2D eigenvalue weighted by Gasteiger charge is 2.13. The average Bonchev–Trinajstić information content (AvgIpc) is 2.49. The van der Waals surface area contributed by atoms with Crippen molar-refractivity contribution in [1.29, 1.82) is 0 Å². The number of anilines is 1. The molecule has 1 aromatic carbocycles. The number of carbonyl (C=O) groups is 1. The average molecular weight is 318 g/mol. The number of aromatic nitrogens is 2. The van der Waals surface area contributed by atoms with Crippen LogP contribution in [-0.2, 0) is 0 Å². The van der Waals surface area contributed by atoms with Crippen LogP contribution in [0.4, 0.5) is 5.69 Å². The molecule has 0 spiro atoms. The maximum Gasteiger partial charge on any atom is 0.274 e. The molecular formula is C15H9Cl2N3O. The van der Waals surface area contributed by atoms with E-state index >= 15 is 0 Å². The summed E-state index contributed by atoms with van der Waals surface area (Å²) >= 11 is 12.1. The van der Waals surface area contributed by atoms with Gasteiger partial charge in [-0.3, -0.25) is 4.79 Å². The Morgan fingerprint density at radius 2 is 1.90 bits per heavy atom. The Morgan fingerprint density at radius 1 is 1.10 bits per heavy atom. The molecule has 104 valence electrons. The van der Waals surface area contributed by atoms with Crippen molar-refractivity contribution >= 4 is 45.7 Å². The summed E-state index contributed by atoms with van der Waals surface area (Å²) in [5.41, 5.74) is 1.31. The number of nitrogens with one attached hydrogen (secondary N) is 1. The van der Waals surface area contributed by atoms with Crippen LogP contribution in [0, 0.1) is 0 Å². The smallest absolute Gasteiger partial charge is 0.274 e. The van der Waals surface area contributed by atoms with Gasteiger partial charge in [0.15, 0.2) is 5.15 Å². The summed E-state index contributed by atoms with van der Waals surface area (Å²) in [4.78, 5) is 20.4. The molecule has 0 radical (unpaired) electrons. The maximum atomic E-state index is 12.2. The number of amides is 1. The lowest BCUT2D eigenvalue weighted by Gasteiger charge is -2.07. The summed E-state index contributed by atoms with van der Waals surface area (Å²) < 4.78 is 0. The Morgan fingerprint density at radius 3 is 2.71 bits per heavy atom. The predicted molar refractivity (Wildman–Crippen MR) is 84.0 cm³/mol. The fourth-order valence-electron chi connectivity index (χ4n) is 1.91. The van der Waals surface area contributed by atoms with Gasteiger partial charge < -0.3 is 5.32 Å². The summed E-state index contributed by atoms with van der Waals surface area (Å²) in [7, 11) is 0. The molecule has 0 aliphatic carbocycles. The summed E-state index contributed by atoms with van der Waals surface area (Å²) in [5.74, 6) is -0.391. The lowest BCUT2D eigenvalue weighted by Crippen LogP contribution is -2.14. The molecule has 2 aromatic heterocycles. The molecule has 3 aromatic rings. The number of para-hydroxylation sites is 1. The predicted octanol–water partition coefficient (Wildman–Crippen LogP) is 4.19. The van der Waals surface area contributed by atoms with E-state index in [-0.39, 0.29) is 10.8 Å². The largest absolute Gasteiger partial charge is 0.318 e. The highest BCUT2D eigenvalue weighted by Crippen LogP contribution is 2.24. The first-order valence-corrected chi connectivity index (χ1v) is 6.88. The standard InChI is InChI=1S/C15H9Cl2N3O/c16-10-8-13(19-11-5-2-1-4-9(10)11)15(21)20-12-6-3-7-18-14(12)17/h1-8H,(H,20,21). The van der Waals surface area contributed by atoms with Crippen molar-refractivity contribution in [3.8, 4) is 0 Å². The first kappa shape index (κ1) is 13.8. The van der Waals surface area contributed by atoms with E-state index in [0.717, 1.165) is 5.39 Å². The van der Waals surface area contributed by atoms with Gasteiger partial charge in [0.25, 0.3) is 5.91 Å². The van der Waals surface area contributed by atoms with E-state index in [0.29, 0.717) is 16.2 Å². The van der Waals surface area contributed by atoms with E-state index in [4.69, 9.17) is 23.2 Å². The van der Waals surface area contributed by atoms with Crippen molar-refractivity contribution in [3.63, 3.8) is 0 Å². The van der Waals surface area contributed by atoms with E-state index in [9.17, 15) is 4.79 Å². The zero-order valence-electron chi connectivity index (χ0n) is 10.7. The van der Waals surface area contributed by atoms with Crippen molar-refractivity contribution in [1.82, 2.24) is 9.97 Å². The number of carbonyl (C=O) groups excluding carboxylic acids is 1. The minimum atomic E-state index is -0.391. The molecule has 0 saturated carbocycles. The van der Waals surface area contributed by atoms with Crippen molar-refractivity contribution in [2.45, 2.75) is 0 Å². The number of rotatable bonds is 2. The SMILES string of the molecule is O=C(Nc1cccnc1Cl)c1cc(Cl)c2ccccc2n1. The molecule has 21 heavy (non-hydrogen) atoms. The summed E-state index contributed by atoms with van der Waals surface area (Å²) in [6.07, 6.45) is 1.54. The van der Waals surface area contributed by atoms with E-state index in [2.05, 4.69) is 15.3 Å². The zero-order valence-corrected chi connectivity index (χ0v) is 12.2. The highest BCUT2D eigenvalue weighted by molar-refractivity contribution is 6.36. The van der Waals surface area contributed by atoms with Crippen molar-refractivity contribution in [2.24, 2.45) is 0 Å². The Labute approximate surface area is 130 Å². The van der Waals surface area contributed by atoms with Crippen molar-refractivity contribution < 1.29 is 4.79 Å². The molecule has 1 amide bonds. The second kappa shape index (κ2) is 5.68. The van der Waals surface area contributed by atoms with Gasteiger partial charge in [0.05, 0.1) is 16.2 Å². The minimum Gasteiger partial charge on any atom is -0.318 e. The number of fused-ring (bicyclic) bond motifs is 1. The van der Waals surface area contributed by atoms with Crippen LogP contribution in [0.25, 0.3) is 10.9 Å². The van der Waals surface area contributed by atoms with E-state index < -0.39 is 5.91 Å². The molecule has 3 rings (SSSR count). The number of benzene rings is 1. The molecule has 0 unspecified atom stereocenters. The molecule has 0 bridgehead atoms. The molecule has 0 aliphatic heterocycles. The quantitative estimate of drug-likeness (QED) is 0.721. The molecular weight excluding hydrogens is 309 g/mol. The molecule has 0 saturated heterocycles. The number of halogens is 2. The van der Waals surface area contributed by atoms with Crippen LogP contribution in [0.1, 0.15) is 10.5 Å². The molecule has 0 aliphatic rings. The normalized spacial score (nSPS) is 10.6. The Bertz CT molecular complexity index is 836. The lowest BCUT2D eigenvalue weighted by atomic mass is 10.2. The van der Waals surface area contributed by atoms with Gasteiger partial charge in [-0.15, -0.1) is 0 Å². The maximum absolute atomic E-state index is 12.2. The number of nitrogens with zero attached hydrogens (tertiary/aromatic N) is 2. The van der Waals surface area contributed by atoms with E-state index in [1.807, 2.05) is 18.2 Å². The van der Waals surface area contributed by atoms with Gasteiger partial charge >= 0.3 is 0 Å². The fraction of sp³-hybridized carbons (Fsp3) is 0. The van der Waals surface area contributed by atoms with Gasteiger partial charge in [0, 0.05) is 11.6 Å². The summed E-state index contributed by atoms with van der Waals surface area (Å²) in [6, 6.07) is 12.2. The van der Waals surface area contributed by atoms with Crippen LogP contribution in [0.15, 0.2) is 48.7 Å². The second-order valence-corrected chi connectivity index (χ2v) is 5.07. The minimum absolute atomic E-state index is 0.220. The third-order valence-corrected chi connectivity index (χ3v) is 3.52. The summed E-state index contributed by atoms with van der Waals surface area (Å²) in [5, 5.41) is 4.16. The number of hydrogen-bond acceptors (Lipinski definition) is 3. The first-order chi connectivity index (χ1) is 10.1. The van der Waals surface area contributed by atoms with Crippen LogP contribution in [0.2, 0.25) is 10.2 Å². The third-order valence-electron chi connectivity index (χ3n) is 2.91. The van der Waals surface area contributed by atoms with Crippen molar-refractivity contribution in [3.05, 3.63) is 64.5 Å². The van der Waals surface area contributed by atoms with Crippen molar-refractivity contribution in [2.75, 3.05) is 5.32 Å². The van der Waals surface area contributed by atoms with E-state index in [1.54, 1.807) is 24.4 Å². The van der Waals surface area contributed by atoms with Crippen LogP contribution in [0.5, 0.6) is 0 Å².